The molecular weight excluding hydrogens is 661 g/mol. The largest absolute Gasteiger partial charge is 0.480 e. The van der Waals surface area contributed by atoms with E-state index in [1.54, 1.807) is 12.1 Å². The van der Waals surface area contributed by atoms with Gasteiger partial charge in [-0.1, -0.05) is 29.3 Å². The first kappa shape index (κ1) is 31.9. The maximum Gasteiger partial charge on any atom is 0.337 e. The second kappa shape index (κ2) is 12.4. The second-order valence-electron chi connectivity index (χ2n) is 9.96. The van der Waals surface area contributed by atoms with Gasteiger partial charge in [0.05, 0.1) is 32.3 Å². The Hall–Kier alpha value is -3.56. The minimum Gasteiger partial charge on any atom is -0.480 e. The molecule has 0 aliphatic carbocycles. The lowest BCUT2D eigenvalue weighted by molar-refractivity contribution is -0.141. The van der Waals surface area contributed by atoms with Crippen molar-refractivity contribution in [3.8, 4) is 11.9 Å². The molecule has 3 N–H and O–H groups in total. The first-order valence-corrected chi connectivity index (χ1v) is 16.0. The molecule has 1 aromatic carbocycles. The van der Waals surface area contributed by atoms with Gasteiger partial charge < -0.3 is 20.1 Å². The Morgan fingerprint density at radius 1 is 1.11 bits per heavy atom. The van der Waals surface area contributed by atoms with E-state index < -0.39 is 51.1 Å². The number of nitrogens with zero attached hydrogens (tertiary/aromatic N) is 5. The van der Waals surface area contributed by atoms with Crippen LogP contribution in [0.15, 0.2) is 30.3 Å². The van der Waals surface area contributed by atoms with Gasteiger partial charge in [-0.05, 0) is 37.1 Å². The molecule has 14 nitrogen and oxygen atoms in total. The van der Waals surface area contributed by atoms with Crippen LogP contribution in [0.4, 0.5) is 0 Å². The maximum atomic E-state index is 13.8. The van der Waals surface area contributed by atoms with Gasteiger partial charge in [-0.15, -0.1) is 11.3 Å². The Bertz CT molecular complexity index is 1800. The first-order valence-electron chi connectivity index (χ1n) is 13.0. The third kappa shape index (κ3) is 5.79. The summed E-state index contributed by atoms with van der Waals surface area (Å²) >= 11 is 13.4. The van der Waals surface area contributed by atoms with Crippen molar-refractivity contribution in [2.24, 2.45) is 0 Å². The molecular formula is C26H23Cl2N5O9S2. The molecule has 3 atom stereocenters. The van der Waals surface area contributed by atoms with Gasteiger partial charge in [0.1, 0.15) is 24.3 Å². The van der Waals surface area contributed by atoms with Crippen molar-refractivity contribution in [3.05, 3.63) is 67.0 Å². The molecule has 0 saturated carbocycles. The Kier molecular flexibility index (Phi) is 9.01. The summed E-state index contributed by atoms with van der Waals surface area (Å²) in [5.41, 5.74) is -1.15. The third-order valence-corrected chi connectivity index (χ3v) is 10.9. The lowest BCUT2D eigenvalue weighted by Gasteiger charge is -2.28. The quantitative estimate of drug-likeness (QED) is 0.299. The monoisotopic (exact) mass is 683 g/mol. The van der Waals surface area contributed by atoms with Gasteiger partial charge in [-0.25, -0.2) is 4.79 Å². The number of thiophene rings is 1. The number of aromatic carboxylic acids is 1. The molecule has 0 bridgehead atoms. The SMILES string of the molecule is N#Cc1c(C2CCN(S(=O)(=O)N3CCC(O)C3)C2C(=O)O)nn(C(=O)c2cccc(C(=O)O)c2Cl)c1OCc1ccc(Cl)s1. The number of aliphatic carboxylic acids is 1. The van der Waals surface area contributed by atoms with Gasteiger partial charge in [0.2, 0.25) is 5.88 Å². The van der Waals surface area contributed by atoms with Crippen molar-refractivity contribution in [2.45, 2.75) is 37.5 Å². The van der Waals surface area contributed by atoms with Crippen LogP contribution >= 0.6 is 34.5 Å². The standard InChI is InChI=1S/C26H23Cl2N5O9S2/c27-19-5-4-14(43-19)12-42-24-18(10-29)21(30-33(24)23(35)15-2-1-3-16(20(15)28)25(36)37)17-7-9-32(22(17)26(38)39)44(40,41)31-8-6-13(34)11-31/h1-5,13,17,22,34H,6-9,11-12H2,(H,36,37)(H,38,39). The van der Waals surface area contributed by atoms with E-state index in [-0.39, 0.29) is 67.3 Å². The molecule has 3 unspecified atom stereocenters. The number of hydrogen-bond donors (Lipinski definition) is 3. The average molecular weight is 685 g/mol. The Balaban J connectivity index is 1.60. The minimum atomic E-state index is -4.33. The summed E-state index contributed by atoms with van der Waals surface area (Å²) in [5, 5.41) is 43.7. The number of carbonyl (C=O) groups is 3. The molecule has 232 valence electrons. The summed E-state index contributed by atoms with van der Waals surface area (Å²) in [6, 6.07) is 7.22. The van der Waals surface area contributed by atoms with E-state index in [2.05, 4.69) is 5.10 Å². The molecule has 2 saturated heterocycles. The Labute approximate surface area is 264 Å². The Morgan fingerprint density at radius 2 is 1.84 bits per heavy atom. The summed E-state index contributed by atoms with van der Waals surface area (Å²) in [6.07, 6.45) is -0.759. The van der Waals surface area contributed by atoms with E-state index in [0.29, 0.717) is 13.9 Å². The van der Waals surface area contributed by atoms with Gasteiger partial charge in [-0.3, -0.25) is 9.59 Å². The van der Waals surface area contributed by atoms with Crippen LogP contribution in [0.3, 0.4) is 0 Å². The van der Waals surface area contributed by atoms with Crippen molar-refractivity contribution in [2.75, 3.05) is 19.6 Å². The van der Waals surface area contributed by atoms with Gasteiger partial charge in [0, 0.05) is 30.4 Å². The summed E-state index contributed by atoms with van der Waals surface area (Å²) in [5.74, 6) is -5.43. The summed E-state index contributed by atoms with van der Waals surface area (Å²) in [7, 11) is -4.33. The molecule has 2 fully saturated rings. The van der Waals surface area contributed by atoms with Crippen molar-refractivity contribution >= 4 is 62.6 Å². The summed E-state index contributed by atoms with van der Waals surface area (Å²) in [4.78, 5) is 38.6. The summed E-state index contributed by atoms with van der Waals surface area (Å²) < 4.78 is 35.6. The molecule has 18 heteroatoms. The molecule has 4 heterocycles. The van der Waals surface area contributed by atoms with Crippen LogP contribution < -0.4 is 4.74 Å². The molecule has 0 radical (unpaired) electrons. The second-order valence-corrected chi connectivity index (χ2v) is 14.0. The van der Waals surface area contributed by atoms with Crippen molar-refractivity contribution in [3.63, 3.8) is 0 Å². The number of β-amino-alcohol motifs (C(OH)–C–C–N with tert-alkyl or cyclic N) is 1. The van der Waals surface area contributed by atoms with Gasteiger partial charge >= 0.3 is 11.9 Å². The zero-order valence-electron chi connectivity index (χ0n) is 22.5. The fourth-order valence-electron chi connectivity index (χ4n) is 5.27. The van der Waals surface area contributed by atoms with Crippen molar-refractivity contribution in [1.82, 2.24) is 18.4 Å². The Morgan fingerprint density at radius 3 is 2.43 bits per heavy atom. The molecule has 2 aliphatic heterocycles. The van der Waals surface area contributed by atoms with E-state index in [1.165, 1.54) is 29.5 Å². The van der Waals surface area contributed by atoms with Gasteiger partial charge in [0.15, 0.2) is 0 Å². The number of aliphatic hydroxyl groups is 1. The van der Waals surface area contributed by atoms with E-state index >= 15 is 0 Å². The predicted molar refractivity (Wildman–Crippen MR) is 155 cm³/mol. The summed E-state index contributed by atoms with van der Waals surface area (Å²) in [6.45, 7) is -0.593. The number of ether oxygens (including phenoxy) is 1. The average Bonchev–Trinajstić information content (AvgIpc) is 3.76. The van der Waals surface area contributed by atoms with E-state index in [4.69, 9.17) is 27.9 Å². The lowest BCUT2D eigenvalue weighted by Crippen LogP contribution is -2.49. The fraction of sp³-hybridized carbons (Fsp3) is 0.346. The van der Waals surface area contributed by atoms with Crippen molar-refractivity contribution in [1.29, 1.82) is 5.26 Å². The van der Waals surface area contributed by atoms with Crippen LogP contribution in [0, 0.1) is 11.3 Å². The minimum absolute atomic E-state index is 0.00444. The zero-order valence-corrected chi connectivity index (χ0v) is 25.6. The fourth-order valence-corrected chi connectivity index (χ4v) is 8.41. The van der Waals surface area contributed by atoms with Gasteiger partial charge in [-0.2, -0.15) is 32.1 Å². The molecule has 44 heavy (non-hydrogen) atoms. The number of aliphatic hydroxyl groups excluding tert-OH is 1. The van der Waals surface area contributed by atoms with E-state index in [1.807, 2.05) is 6.07 Å². The van der Waals surface area contributed by atoms with Crippen LogP contribution in [0.2, 0.25) is 9.36 Å². The number of carbonyl (C=O) groups excluding carboxylic acids is 1. The zero-order chi connectivity index (χ0) is 31.9. The van der Waals surface area contributed by atoms with Crippen LogP contribution in [-0.4, -0.2) is 91.8 Å². The molecule has 3 aromatic rings. The molecule has 0 spiro atoms. The number of carboxylic acid groups (broad SMARTS) is 2. The third-order valence-electron chi connectivity index (χ3n) is 7.32. The van der Waals surface area contributed by atoms with Crippen LogP contribution in [0.25, 0.3) is 0 Å². The molecule has 5 rings (SSSR count). The smallest absolute Gasteiger partial charge is 0.337 e. The number of carboxylic acids is 2. The molecule has 2 aliphatic rings. The highest BCUT2D eigenvalue weighted by molar-refractivity contribution is 7.86. The first-order chi connectivity index (χ1) is 20.8. The number of nitriles is 1. The number of benzene rings is 1. The van der Waals surface area contributed by atoms with E-state index in [9.17, 15) is 43.4 Å². The highest BCUT2D eigenvalue weighted by Gasteiger charge is 2.51. The molecule has 2 aromatic heterocycles. The van der Waals surface area contributed by atoms with E-state index in [0.717, 1.165) is 8.61 Å². The number of halogens is 2. The maximum absolute atomic E-state index is 13.8. The predicted octanol–water partition coefficient (Wildman–Crippen LogP) is 2.64. The highest BCUT2D eigenvalue weighted by Crippen LogP contribution is 2.40. The van der Waals surface area contributed by atoms with Gasteiger partial charge in [0.25, 0.3) is 16.1 Å². The highest BCUT2D eigenvalue weighted by atomic mass is 35.5. The topological polar surface area (TPSA) is 203 Å². The lowest BCUT2D eigenvalue weighted by atomic mass is 9.94. The van der Waals surface area contributed by atoms with Crippen LogP contribution in [-0.2, 0) is 21.6 Å². The number of aromatic nitrogens is 2. The molecule has 0 amide bonds. The van der Waals surface area contributed by atoms with Crippen LogP contribution in [0.5, 0.6) is 5.88 Å². The normalized spacial score (nSPS) is 20.9. The number of hydrogen-bond acceptors (Lipinski definition) is 10. The number of rotatable bonds is 9. The van der Waals surface area contributed by atoms with Crippen LogP contribution in [0.1, 0.15) is 55.6 Å². The van der Waals surface area contributed by atoms with Crippen molar-refractivity contribution < 1.29 is 42.9 Å².